The third-order valence-corrected chi connectivity index (χ3v) is 5.63. The predicted molar refractivity (Wildman–Crippen MR) is 114 cm³/mol. The Morgan fingerprint density at radius 3 is 2.55 bits per heavy atom. The minimum Gasteiger partial charge on any atom is -0.462 e. The van der Waals surface area contributed by atoms with Crippen molar-refractivity contribution in [1.82, 2.24) is 9.55 Å². The first-order chi connectivity index (χ1) is 15.6. The van der Waals surface area contributed by atoms with Gasteiger partial charge in [0.05, 0.1) is 23.2 Å². The van der Waals surface area contributed by atoms with Crippen LogP contribution < -0.4 is 5.32 Å². The van der Waals surface area contributed by atoms with Crippen molar-refractivity contribution in [2.45, 2.75) is 33.0 Å². The first-order valence-corrected chi connectivity index (χ1v) is 10.7. The quantitative estimate of drug-likeness (QED) is 0.486. The molecule has 0 aliphatic heterocycles. The highest BCUT2D eigenvalue weighted by molar-refractivity contribution is 7.16. The molecule has 0 saturated carbocycles. The Kier molecular flexibility index (Phi) is 7.36. The Morgan fingerprint density at radius 2 is 1.88 bits per heavy atom. The molecule has 1 N–H and O–H groups in total. The van der Waals surface area contributed by atoms with E-state index in [9.17, 15) is 27.6 Å². The smallest absolute Gasteiger partial charge is 0.449 e. The summed E-state index contributed by atoms with van der Waals surface area (Å²) >= 11 is 1.18. The molecular weight excluding hydrogens is 463 g/mol. The number of halogens is 3. The van der Waals surface area contributed by atoms with Crippen molar-refractivity contribution in [1.29, 1.82) is 0 Å². The summed E-state index contributed by atoms with van der Waals surface area (Å²) in [7, 11) is 0. The molecular formula is C21H20F3N3O5S. The highest BCUT2D eigenvalue weighted by Gasteiger charge is 2.38. The number of anilines is 1. The molecule has 8 nitrogen and oxygen atoms in total. The minimum absolute atomic E-state index is 0.0753. The predicted octanol–water partition coefficient (Wildman–Crippen LogP) is 4.04. The van der Waals surface area contributed by atoms with Gasteiger partial charge < -0.3 is 19.4 Å². The Balaban J connectivity index is 1.68. The first kappa shape index (κ1) is 24.2. The highest BCUT2D eigenvalue weighted by atomic mass is 32.1. The van der Waals surface area contributed by atoms with Crippen molar-refractivity contribution < 1.29 is 37.0 Å². The minimum atomic E-state index is -4.78. The molecule has 0 saturated heterocycles. The monoisotopic (exact) mass is 483 g/mol. The Morgan fingerprint density at radius 1 is 1.15 bits per heavy atom. The third-order valence-electron chi connectivity index (χ3n) is 4.44. The van der Waals surface area contributed by atoms with Gasteiger partial charge in [-0.25, -0.2) is 9.78 Å². The van der Waals surface area contributed by atoms with Crippen LogP contribution in [0.5, 0.6) is 0 Å². The second-order valence-electron chi connectivity index (χ2n) is 6.75. The van der Waals surface area contributed by atoms with E-state index in [1.807, 2.05) is 6.92 Å². The number of amides is 1. The highest BCUT2D eigenvalue weighted by Crippen LogP contribution is 2.32. The largest absolute Gasteiger partial charge is 0.462 e. The molecule has 33 heavy (non-hydrogen) atoms. The number of esters is 2. The average molecular weight is 483 g/mol. The zero-order chi connectivity index (χ0) is 24.2. The van der Waals surface area contributed by atoms with E-state index in [0.717, 1.165) is 4.88 Å². The number of benzene rings is 1. The number of thiophene rings is 1. The number of nitrogens with zero attached hydrogens (tertiary/aromatic N) is 2. The van der Waals surface area contributed by atoms with E-state index in [4.69, 9.17) is 9.47 Å². The molecule has 0 fully saturated rings. The van der Waals surface area contributed by atoms with Gasteiger partial charge >= 0.3 is 18.1 Å². The lowest BCUT2D eigenvalue weighted by molar-refractivity contribution is -0.152. The fourth-order valence-electron chi connectivity index (χ4n) is 3.01. The number of aryl methyl sites for hydroxylation is 1. The maximum atomic E-state index is 13.3. The van der Waals surface area contributed by atoms with E-state index < -0.39 is 43.0 Å². The molecule has 176 valence electrons. The van der Waals surface area contributed by atoms with Crippen LogP contribution in [-0.4, -0.2) is 40.6 Å². The van der Waals surface area contributed by atoms with Crippen molar-refractivity contribution in [2.24, 2.45) is 0 Å². The number of fused-ring (bicyclic) bond motifs is 1. The van der Waals surface area contributed by atoms with Crippen molar-refractivity contribution in [3.8, 4) is 0 Å². The van der Waals surface area contributed by atoms with Crippen molar-refractivity contribution in [2.75, 3.05) is 18.5 Å². The summed E-state index contributed by atoms with van der Waals surface area (Å²) in [5.74, 6) is -3.64. The maximum Gasteiger partial charge on any atom is 0.449 e. The zero-order valence-corrected chi connectivity index (χ0v) is 18.5. The van der Waals surface area contributed by atoms with Gasteiger partial charge in [-0.2, -0.15) is 13.2 Å². The molecule has 0 bridgehead atoms. The molecule has 0 unspecified atom stereocenters. The molecule has 0 aliphatic rings. The van der Waals surface area contributed by atoms with Crippen LogP contribution in [0, 0.1) is 0 Å². The van der Waals surface area contributed by atoms with Crippen LogP contribution in [0.15, 0.2) is 30.3 Å². The van der Waals surface area contributed by atoms with Crippen LogP contribution >= 0.6 is 11.3 Å². The fraction of sp³-hybridized carbons (Fsp3) is 0.333. The van der Waals surface area contributed by atoms with Crippen molar-refractivity contribution in [3.05, 3.63) is 46.6 Å². The van der Waals surface area contributed by atoms with Crippen LogP contribution in [0.1, 0.15) is 34.9 Å². The Labute approximate surface area is 190 Å². The van der Waals surface area contributed by atoms with Gasteiger partial charge in [0.1, 0.15) is 11.5 Å². The molecule has 3 rings (SSSR count). The van der Waals surface area contributed by atoms with Crippen LogP contribution in [0.25, 0.3) is 11.0 Å². The number of alkyl halides is 3. The summed E-state index contributed by atoms with van der Waals surface area (Å²) in [6, 6.07) is 7.45. The summed E-state index contributed by atoms with van der Waals surface area (Å²) < 4.78 is 50.6. The van der Waals surface area contributed by atoms with Gasteiger partial charge in [-0.1, -0.05) is 19.1 Å². The topological polar surface area (TPSA) is 99.5 Å². The number of para-hydroxylation sites is 2. The lowest BCUT2D eigenvalue weighted by Gasteiger charge is -2.11. The second-order valence-corrected chi connectivity index (χ2v) is 7.88. The molecule has 0 atom stereocenters. The lowest BCUT2D eigenvalue weighted by atomic mass is 10.2. The number of carbonyl (C=O) groups is 3. The fourth-order valence-corrected chi connectivity index (χ4v) is 4.01. The lowest BCUT2D eigenvalue weighted by Crippen LogP contribution is -2.25. The maximum absolute atomic E-state index is 13.3. The zero-order valence-electron chi connectivity index (χ0n) is 17.7. The van der Waals surface area contributed by atoms with Gasteiger partial charge in [-0.15, -0.1) is 11.3 Å². The van der Waals surface area contributed by atoms with E-state index in [0.29, 0.717) is 11.0 Å². The SMILES string of the molecule is CCOC(=O)c1cc(CC)sc1NC(=O)COC(=O)Cn1c(C(F)(F)F)nc2ccccc21. The molecule has 1 aromatic carbocycles. The number of nitrogens with one attached hydrogen (secondary N) is 1. The van der Waals surface area contributed by atoms with Gasteiger partial charge in [0, 0.05) is 4.88 Å². The Hall–Kier alpha value is -3.41. The molecule has 2 heterocycles. The van der Waals surface area contributed by atoms with Crippen molar-refractivity contribution in [3.63, 3.8) is 0 Å². The summed E-state index contributed by atoms with van der Waals surface area (Å²) in [6.07, 6.45) is -4.15. The van der Waals surface area contributed by atoms with Gasteiger partial charge in [0.2, 0.25) is 5.82 Å². The second kappa shape index (κ2) is 10.0. The number of aromatic nitrogens is 2. The molecule has 1 amide bonds. The summed E-state index contributed by atoms with van der Waals surface area (Å²) in [5, 5.41) is 2.73. The van der Waals surface area contributed by atoms with E-state index >= 15 is 0 Å². The number of hydrogen-bond donors (Lipinski definition) is 1. The molecule has 2 aromatic heterocycles. The standard InChI is InChI=1S/C21H20F3N3O5S/c1-3-12-9-13(19(30)31-4-2)18(33-12)26-16(28)11-32-17(29)10-27-15-8-6-5-7-14(15)25-20(27)21(22,23)24/h5-9H,3-4,10-11H2,1-2H3,(H,26,28). The van der Waals surface area contributed by atoms with E-state index in [2.05, 4.69) is 10.3 Å². The van der Waals surface area contributed by atoms with E-state index in [-0.39, 0.29) is 28.2 Å². The van der Waals surface area contributed by atoms with Gasteiger partial charge in [-0.05, 0) is 31.5 Å². The molecule has 0 radical (unpaired) electrons. The van der Waals surface area contributed by atoms with E-state index in [1.54, 1.807) is 13.0 Å². The number of rotatable bonds is 8. The number of carbonyl (C=O) groups excluding carboxylic acids is 3. The number of imidazole rings is 1. The number of hydrogen-bond acceptors (Lipinski definition) is 7. The molecule has 0 aliphatic carbocycles. The van der Waals surface area contributed by atoms with Crippen LogP contribution in [0.2, 0.25) is 0 Å². The van der Waals surface area contributed by atoms with Gasteiger partial charge in [-0.3, -0.25) is 9.59 Å². The van der Waals surface area contributed by atoms with Gasteiger partial charge in [0.25, 0.3) is 5.91 Å². The summed E-state index contributed by atoms with van der Waals surface area (Å²) in [4.78, 5) is 40.9. The van der Waals surface area contributed by atoms with Crippen LogP contribution in [0.3, 0.4) is 0 Å². The van der Waals surface area contributed by atoms with Crippen LogP contribution in [0.4, 0.5) is 18.2 Å². The molecule has 0 spiro atoms. The third kappa shape index (κ3) is 5.69. The van der Waals surface area contributed by atoms with E-state index in [1.165, 1.54) is 35.6 Å². The van der Waals surface area contributed by atoms with Crippen LogP contribution in [-0.2, 0) is 38.2 Å². The summed E-state index contributed by atoms with van der Waals surface area (Å²) in [5.41, 5.74) is 0.361. The first-order valence-electron chi connectivity index (χ1n) is 9.91. The Bertz CT molecular complexity index is 1190. The van der Waals surface area contributed by atoms with Gasteiger partial charge in [0.15, 0.2) is 6.61 Å². The normalized spacial score (nSPS) is 11.4. The number of ether oxygens (including phenoxy) is 2. The molecule has 12 heteroatoms. The molecule has 3 aromatic rings. The average Bonchev–Trinajstić information content (AvgIpc) is 3.34. The van der Waals surface area contributed by atoms with Crippen molar-refractivity contribution >= 4 is 45.2 Å². The summed E-state index contributed by atoms with van der Waals surface area (Å²) in [6.45, 7) is 2.16.